The number of hydrogen-bond donors (Lipinski definition) is 1. The molecule has 142 valence electrons. The first kappa shape index (κ1) is 19.5. The molecule has 0 aromatic rings. The van der Waals surface area contributed by atoms with Crippen LogP contribution in [0.2, 0.25) is 0 Å². The van der Waals surface area contributed by atoms with Gasteiger partial charge in [-0.3, -0.25) is 9.69 Å². The molecule has 2 aliphatic heterocycles. The molecule has 2 rings (SSSR count). The molecule has 8 heteroatoms. The summed E-state index contributed by atoms with van der Waals surface area (Å²) < 4.78 is 10.4. The van der Waals surface area contributed by atoms with Crippen LogP contribution in [0.3, 0.4) is 0 Å². The predicted molar refractivity (Wildman–Crippen MR) is 91.1 cm³/mol. The van der Waals surface area contributed by atoms with E-state index in [0.717, 1.165) is 0 Å². The molecule has 0 aliphatic carbocycles. The van der Waals surface area contributed by atoms with E-state index in [0.29, 0.717) is 26.1 Å². The van der Waals surface area contributed by atoms with Crippen LogP contribution in [0, 0.1) is 5.41 Å². The second-order valence-corrected chi connectivity index (χ2v) is 8.32. The summed E-state index contributed by atoms with van der Waals surface area (Å²) in [5.41, 5.74) is -2.21. The zero-order valence-electron chi connectivity index (χ0n) is 16.0. The summed E-state index contributed by atoms with van der Waals surface area (Å²) in [5, 5.41) is 2.88. The van der Waals surface area contributed by atoms with E-state index in [4.69, 9.17) is 9.47 Å². The average Bonchev–Trinajstić information content (AvgIpc) is 2.70. The smallest absolute Gasteiger partial charge is 0.410 e. The largest absolute Gasteiger partial charge is 0.444 e. The summed E-state index contributed by atoms with van der Waals surface area (Å²) in [7, 11) is 1.53. The van der Waals surface area contributed by atoms with Gasteiger partial charge in [-0.2, -0.15) is 0 Å². The number of piperidine rings is 1. The molecule has 0 bridgehead atoms. The lowest BCUT2D eigenvalue weighted by Gasteiger charge is -2.49. The van der Waals surface area contributed by atoms with Crippen molar-refractivity contribution < 1.29 is 23.9 Å². The number of urea groups is 1. The Labute approximate surface area is 148 Å². The fourth-order valence-electron chi connectivity index (χ4n) is 3.45. The summed E-state index contributed by atoms with van der Waals surface area (Å²) >= 11 is 0. The molecule has 0 aromatic carbocycles. The first-order valence-corrected chi connectivity index (χ1v) is 8.54. The number of carbonyl (C=O) groups excluding carboxylic acids is 3. The molecule has 1 unspecified atom stereocenters. The quantitative estimate of drug-likeness (QED) is 0.777. The third kappa shape index (κ3) is 3.58. The third-order valence-corrected chi connectivity index (χ3v) is 4.84. The molecule has 2 fully saturated rings. The highest BCUT2D eigenvalue weighted by molar-refractivity contribution is 6.07. The zero-order chi connectivity index (χ0) is 19.0. The number of imide groups is 1. The molecule has 8 nitrogen and oxygen atoms in total. The number of hydrogen-bond acceptors (Lipinski definition) is 5. The van der Waals surface area contributed by atoms with Gasteiger partial charge in [-0.15, -0.1) is 0 Å². The maximum Gasteiger partial charge on any atom is 0.410 e. The van der Waals surface area contributed by atoms with E-state index >= 15 is 0 Å². The number of methoxy groups -OCH3 is 1. The Bertz CT molecular complexity index is 569. The van der Waals surface area contributed by atoms with Crippen LogP contribution in [-0.4, -0.2) is 72.3 Å². The standard InChI is InChI=1S/C17H29N3O5/c1-15(2,3)25-14(23)19-8-7-17(16(4,5)11-19)12(21)20(9-10-24-6)13(22)18-17/h7-11H2,1-6H3,(H,18,22). The molecule has 0 radical (unpaired) electrons. The van der Waals surface area contributed by atoms with Gasteiger partial charge in [0.05, 0.1) is 13.2 Å². The molecule has 0 aromatic heterocycles. The molecule has 2 saturated heterocycles. The molecule has 4 amide bonds. The number of likely N-dealkylation sites (tertiary alicyclic amines) is 1. The Morgan fingerprint density at radius 2 is 1.92 bits per heavy atom. The van der Waals surface area contributed by atoms with Gasteiger partial charge in [0.25, 0.3) is 5.91 Å². The van der Waals surface area contributed by atoms with Gasteiger partial charge >= 0.3 is 12.1 Å². The van der Waals surface area contributed by atoms with Crippen molar-refractivity contribution in [1.82, 2.24) is 15.1 Å². The first-order valence-electron chi connectivity index (χ1n) is 8.54. The lowest BCUT2D eigenvalue weighted by atomic mass is 9.67. The van der Waals surface area contributed by atoms with Gasteiger partial charge in [0.2, 0.25) is 0 Å². The van der Waals surface area contributed by atoms with Gasteiger partial charge in [-0.05, 0) is 27.2 Å². The second kappa shape index (κ2) is 6.48. The van der Waals surface area contributed by atoms with Gasteiger partial charge in [0.15, 0.2) is 0 Å². The first-order chi connectivity index (χ1) is 11.4. The van der Waals surface area contributed by atoms with Crippen molar-refractivity contribution in [3.63, 3.8) is 0 Å². The van der Waals surface area contributed by atoms with E-state index in [1.165, 1.54) is 12.0 Å². The Balaban J connectivity index is 2.17. The second-order valence-electron chi connectivity index (χ2n) is 8.32. The average molecular weight is 355 g/mol. The molecule has 2 heterocycles. The summed E-state index contributed by atoms with van der Waals surface area (Å²) in [6.07, 6.45) is -0.0451. The van der Waals surface area contributed by atoms with E-state index < -0.39 is 28.7 Å². The molecule has 0 saturated carbocycles. The maximum absolute atomic E-state index is 13.0. The molecule has 1 N–H and O–H groups in total. The van der Waals surface area contributed by atoms with Gasteiger partial charge in [-0.25, -0.2) is 9.59 Å². The minimum Gasteiger partial charge on any atom is -0.444 e. The fraction of sp³-hybridized carbons (Fsp3) is 0.824. The molecular weight excluding hydrogens is 326 g/mol. The van der Waals surface area contributed by atoms with Crippen molar-refractivity contribution in [2.45, 2.75) is 52.2 Å². The Morgan fingerprint density at radius 3 is 2.44 bits per heavy atom. The third-order valence-electron chi connectivity index (χ3n) is 4.84. The van der Waals surface area contributed by atoms with Gasteiger partial charge in [-0.1, -0.05) is 13.8 Å². The van der Waals surface area contributed by atoms with E-state index in [2.05, 4.69) is 5.32 Å². The predicted octanol–water partition coefficient (Wildman–Crippen LogP) is 1.59. The molecule has 2 aliphatic rings. The van der Waals surface area contributed by atoms with Crippen LogP contribution in [0.5, 0.6) is 0 Å². The number of ether oxygens (including phenoxy) is 2. The molecular formula is C17H29N3O5. The minimum atomic E-state index is -1.00. The Hall–Kier alpha value is -1.83. The lowest BCUT2D eigenvalue weighted by molar-refractivity contribution is -0.139. The van der Waals surface area contributed by atoms with Crippen LogP contribution in [-0.2, 0) is 14.3 Å². The van der Waals surface area contributed by atoms with Gasteiger partial charge in [0.1, 0.15) is 11.1 Å². The highest BCUT2D eigenvalue weighted by Crippen LogP contribution is 2.43. The van der Waals surface area contributed by atoms with Crippen molar-refractivity contribution in [2.24, 2.45) is 5.41 Å². The van der Waals surface area contributed by atoms with E-state index in [-0.39, 0.29) is 12.5 Å². The maximum atomic E-state index is 13.0. The Morgan fingerprint density at radius 1 is 1.28 bits per heavy atom. The summed E-state index contributed by atoms with van der Waals surface area (Å²) in [5.74, 6) is -0.247. The van der Waals surface area contributed by atoms with Crippen LogP contribution in [0.4, 0.5) is 9.59 Å². The van der Waals surface area contributed by atoms with Crippen LogP contribution in [0.15, 0.2) is 0 Å². The van der Waals surface area contributed by atoms with Crippen molar-refractivity contribution in [1.29, 1.82) is 0 Å². The summed E-state index contributed by atoms with van der Waals surface area (Å²) in [6.45, 7) is 10.4. The number of carbonyl (C=O) groups is 3. The van der Waals surface area contributed by atoms with Crippen molar-refractivity contribution in [3.05, 3.63) is 0 Å². The van der Waals surface area contributed by atoms with Crippen LogP contribution in [0.25, 0.3) is 0 Å². The van der Waals surface area contributed by atoms with Gasteiger partial charge in [0, 0.05) is 25.6 Å². The van der Waals surface area contributed by atoms with E-state index in [1.807, 2.05) is 34.6 Å². The minimum absolute atomic E-state index is 0.217. The highest BCUT2D eigenvalue weighted by Gasteiger charge is 2.61. The van der Waals surface area contributed by atoms with Crippen LogP contribution in [0.1, 0.15) is 41.0 Å². The normalized spacial score (nSPS) is 26.2. The number of amides is 4. The van der Waals surface area contributed by atoms with E-state index in [1.54, 1.807) is 4.90 Å². The summed E-state index contributed by atoms with van der Waals surface area (Å²) in [4.78, 5) is 40.4. The van der Waals surface area contributed by atoms with Crippen molar-refractivity contribution in [2.75, 3.05) is 33.4 Å². The van der Waals surface area contributed by atoms with Gasteiger partial charge < -0.3 is 19.7 Å². The van der Waals surface area contributed by atoms with Crippen molar-refractivity contribution in [3.8, 4) is 0 Å². The highest BCUT2D eigenvalue weighted by atomic mass is 16.6. The Kier molecular flexibility index (Phi) is 5.05. The molecule has 25 heavy (non-hydrogen) atoms. The number of nitrogens with zero attached hydrogens (tertiary/aromatic N) is 2. The fourth-order valence-corrected chi connectivity index (χ4v) is 3.45. The lowest BCUT2D eigenvalue weighted by Crippen LogP contribution is -2.66. The van der Waals surface area contributed by atoms with Crippen LogP contribution < -0.4 is 5.32 Å². The monoisotopic (exact) mass is 355 g/mol. The molecule has 1 atom stereocenters. The SMILES string of the molecule is COCCN1C(=O)NC2(CCN(C(=O)OC(C)(C)C)CC2(C)C)C1=O. The topological polar surface area (TPSA) is 88.2 Å². The summed E-state index contributed by atoms with van der Waals surface area (Å²) in [6, 6.07) is -0.402. The van der Waals surface area contributed by atoms with Crippen LogP contribution >= 0.6 is 0 Å². The molecule has 1 spiro atoms. The number of nitrogens with one attached hydrogen (secondary N) is 1. The zero-order valence-corrected chi connectivity index (χ0v) is 16.0. The number of rotatable bonds is 3. The van der Waals surface area contributed by atoms with Crippen molar-refractivity contribution >= 4 is 18.0 Å². The van der Waals surface area contributed by atoms with E-state index in [9.17, 15) is 14.4 Å².